The van der Waals surface area contributed by atoms with Crippen LogP contribution in [0.3, 0.4) is 0 Å². The topological polar surface area (TPSA) is 29.5 Å². The summed E-state index contributed by atoms with van der Waals surface area (Å²) in [7, 11) is 0. The van der Waals surface area contributed by atoms with Crippen molar-refractivity contribution in [1.82, 2.24) is 0 Å². The molecule has 0 radical (unpaired) electrons. The van der Waals surface area contributed by atoms with Crippen LogP contribution < -0.4 is 4.74 Å². The highest BCUT2D eigenvalue weighted by molar-refractivity contribution is 5.45. The Hall–Kier alpha value is -2.17. The summed E-state index contributed by atoms with van der Waals surface area (Å²) in [6.45, 7) is 0. The van der Waals surface area contributed by atoms with E-state index in [0.29, 0.717) is 11.3 Å². The normalized spacial score (nSPS) is 25.7. The van der Waals surface area contributed by atoms with Crippen LogP contribution in [0.1, 0.15) is 48.0 Å². The van der Waals surface area contributed by atoms with Crippen molar-refractivity contribution in [2.45, 2.75) is 37.5 Å². The van der Waals surface area contributed by atoms with Gasteiger partial charge in [0, 0.05) is 5.92 Å². The quantitative estimate of drug-likeness (QED) is 0.754. The molecule has 0 amide bonds. The van der Waals surface area contributed by atoms with Gasteiger partial charge in [0.25, 0.3) is 0 Å². The molecule has 1 N–H and O–H groups in total. The number of hydrogen-bond acceptors (Lipinski definition) is 2. The molecule has 126 valence electrons. The summed E-state index contributed by atoms with van der Waals surface area (Å²) in [5.74, 6) is 0.998. The lowest BCUT2D eigenvalue weighted by atomic mass is 9.79. The van der Waals surface area contributed by atoms with Gasteiger partial charge in [-0.2, -0.15) is 13.2 Å². The predicted octanol–water partition coefficient (Wildman–Crippen LogP) is 5.43. The molecule has 0 aromatic heterocycles. The minimum absolute atomic E-state index is 0.0925. The van der Waals surface area contributed by atoms with E-state index in [1.807, 2.05) is 12.1 Å². The van der Waals surface area contributed by atoms with Gasteiger partial charge in [-0.15, -0.1) is 0 Å². The van der Waals surface area contributed by atoms with E-state index in [1.54, 1.807) is 12.1 Å². The van der Waals surface area contributed by atoms with Gasteiger partial charge in [-0.05, 0) is 60.2 Å². The number of phenolic OH excluding ortho intramolecular Hbond substituents is 1. The van der Waals surface area contributed by atoms with Gasteiger partial charge in [0.05, 0.1) is 5.56 Å². The molecule has 1 aliphatic heterocycles. The van der Waals surface area contributed by atoms with E-state index in [9.17, 15) is 18.3 Å². The molecule has 2 aromatic carbocycles. The molecule has 0 spiro atoms. The Morgan fingerprint density at radius 1 is 1.00 bits per heavy atom. The van der Waals surface area contributed by atoms with Crippen molar-refractivity contribution in [3.8, 4) is 11.5 Å². The molecule has 1 fully saturated rings. The Bertz CT molecular complexity index is 752. The van der Waals surface area contributed by atoms with Crippen molar-refractivity contribution in [3.63, 3.8) is 0 Å². The number of aromatic hydroxyl groups is 1. The van der Waals surface area contributed by atoms with Crippen LogP contribution in [0.2, 0.25) is 0 Å². The maximum atomic E-state index is 13.0. The highest BCUT2D eigenvalue weighted by Gasteiger charge is 2.43. The number of ether oxygens (including phenoxy) is 1. The van der Waals surface area contributed by atoms with Crippen LogP contribution in [-0.2, 0) is 6.18 Å². The molecule has 24 heavy (non-hydrogen) atoms. The second-order valence-corrected chi connectivity index (χ2v) is 6.58. The van der Waals surface area contributed by atoms with Crippen LogP contribution in [0.15, 0.2) is 42.5 Å². The van der Waals surface area contributed by atoms with Gasteiger partial charge in [-0.25, -0.2) is 0 Å². The van der Waals surface area contributed by atoms with Crippen molar-refractivity contribution in [2.75, 3.05) is 0 Å². The molecule has 1 saturated carbocycles. The van der Waals surface area contributed by atoms with Crippen LogP contribution >= 0.6 is 0 Å². The van der Waals surface area contributed by atoms with Gasteiger partial charge in [-0.1, -0.05) is 18.6 Å². The lowest BCUT2D eigenvalue weighted by Crippen LogP contribution is -2.27. The summed E-state index contributed by atoms with van der Waals surface area (Å²) in [6, 6.07) is 10.7. The predicted molar refractivity (Wildman–Crippen MR) is 83.0 cm³/mol. The number of benzene rings is 2. The number of fused-ring (bicyclic) bond motifs is 3. The van der Waals surface area contributed by atoms with Crippen molar-refractivity contribution in [3.05, 3.63) is 59.2 Å². The van der Waals surface area contributed by atoms with Crippen molar-refractivity contribution in [2.24, 2.45) is 5.92 Å². The Labute approximate surface area is 137 Å². The third-order valence-corrected chi connectivity index (χ3v) is 5.17. The first-order chi connectivity index (χ1) is 11.4. The first kappa shape index (κ1) is 15.4. The van der Waals surface area contributed by atoms with Crippen LogP contribution in [0, 0.1) is 5.92 Å². The molecule has 0 bridgehead atoms. The first-order valence-corrected chi connectivity index (χ1v) is 8.10. The van der Waals surface area contributed by atoms with E-state index in [0.717, 1.165) is 30.9 Å². The third kappa shape index (κ3) is 2.52. The Morgan fingerprint density at radius 3 is 2.46 bits per heavy atom. The minimum Gasteiger partial charge on any atom is -0.508 e. The van der Waals surface area contributed by atoms with E-state index in [4.69, 9.17) is 4.74 Å². The van der Waals surface area contributed by atoms with Gasteiger partial charge in [0.15, 0.2) is 0 Å². The van der Waals surface area contributed by atoms with Crippen LogP contribution in [-0.4, -0.2) is 5.11 Å². The highest BCUT2D eigenvalue weighted by Crippen LogP contribution is 2.54. The van der Waals surface area contributed by atoms with Crippen molar-refractivity contribution >= 4 is 0 Å². The fraction of sp³-hybridized carbons (Fsp3) is 0.368. The Morgan fingerprint density at radius 2 is 1.75 bits per heavy atom. The largest absolute Gasteiger partial charge is 0.508 e. The van der Waals surface area contributed by atoms with Gasteiger partial charge < -0.3 is 9.84 Å². The van der Waals surface area contributed by atoms with Crippen LogP contribution in [0.5, 0.6) is 11.5 Å². The maximum absolute atomic E-state index is 13.0. The SMILES string of the molecule is Oc1ccc([C@H]2Oc3ccc(C(F)(F)F)cc3[C@H]3CCC[C@H]32)cc1. The number of rotatable bonds is 1. The molecule has 0 saturated heterocycles. The molecule has 1 aliphatic carbocycles. The summed E-state index contributed by atoms with van der Waals surface area (Å²) in [5.41, 5.74) is 1.02. The fourth-order valence-corrected chi connectivity index (χ4v) is 4.06. The molecular formula is C19H17F3O2. The lowest BCUT2D eigenvalue weighted by molar-refractivity contribution is -0.137. The van der Waals surface area contributed by atoms with Gasteiger partial charge >= 0.3 is 6.18 Å². The zero-order chi connectivity index (χ0) is 16.9. The molecule has 2 nitrogen and oxygen atoms in total. The van der Waals surface area contributed by atoms with E-state index >= 15 is 0 Å². The van der Waals surface area contributed by atoms with Gasteiger partial charge in [-0.3, -0.25) is 0 Å². The van der Waals surface area contributed by atoms with Crippen LogP contribution in [0.25, 0.3) is 0 Å². The van der Waals surface area contributed by atoms with E-state index in [-0.39, 0.29) is 23.7 Å². The molecule has 4 rings (SSSR count). The smallest absolute Gasteiger partial charge is 0.416 e. The van der Waals surface area contributed by atoms with Crippen LogP contribution in [0.4, 0.5) is 13.2 Å². The van der Waals surface area contributed by atoms with E-state index in [1.165, 1.54) is 12.1 Å². The number of alkyl halides is 3. The Kier molecular flexibility index (Phi) is 3.48. The van der Waals surface area contributed by atoms with E-state index in [2.05, 4.69) is 0 Å². The average Bonchev–Trinajstić information content (AvgIpc) is 3.03. The monoisotopic (exact) mass is 334 g/mol. The summed E-state index contributed by atoms with van der Waals surface area (Å²) < 4.78 is 45.1. The minimum atomic E-state index is -4.34. The molecule has 5 heteroatoms. The lowest BCUT2D eigenvalue weighted by Gasteiger charge is -2.36. The molecule has 0 unspecified atom stereocenters. The zero-order valence-electron chi connectivity index (χ0n) is 12.9. The number of hydrogen-bond donors (Lipinski definition) is 1. The summed E-state index contributed by atoms with van der Waals surface area (Å²) in [4.78, 5) is 0. The summed E-state index contributed by atoms with van der Waals surface area (Å²) in [6.07, 6.45) is -1.70. The van der Waals surface area contributed by atoms with Crippen molar-refractivity contribution in [1.29, 1.82) is 0 Å². The number of halogens is 3. The third-order valence-electron chi connectivity index (χ3n) is 5.17. The maximum Gasteiger partial charge on any atom is 0.416 e. The second kappa shape index (κ2) is 5.43. The Balaban J connectivity index is 1.75. The second-order valence-electron chi connectivity index (χ2n) is 6.58. The number of phenols is 1. The summed E-state index contributed by atoms with van der Waals surface area (Å²) >= 11 is 0. The zero-order valence-corrected chi connectivity index (χ0v) is 12.9. The molecular weight excluding hydrogens is 317 g/mol. The van der Waals surface area contributed by atoms with E-state index < -0.39 is 11.7 Å². The molecule has 2 aromatic rings. The first-order valence-electron chi connectivity index (χ1n) is 8.10. The molecule has 3 atom stereocenters. The fourth-order valence-electron chi connectivity index (χ4n) is 4.06. The summed E-state index contributed by atoms with van der Waals surface area (Å²) in [5, 5.41) is 9.46. The van der Waals surface area contributed by atoms with Gasteiger partial charge in [0.2, 0.25) is 0 Å². The highest BCUT2D eigenvalue weighted by atomic mass is 19.4. The van der Waals surface area contributed by atoms with Crippen molar-refractivity contribution < 1.29 is 23.0 Å². The standard InChI is InChI=1S/C19H17F3O2/c20-19(21,22)12-6-9-17-16(10-12)14-2-1-3-15(14)18(24-17)11-4-7-13(23)8-5-11/h4-10,14-15,18,23H,1-3H2/t14-,15+,18+/m0/s1. The molecule has 2 aliphatic rings. The van der Waals surface area contributed by atoms with Gasteiger partial charge in [0.1, 0.15) is 17.6 Å². The molecule has 1 heterocycles. The average molecular weight is 334 g/mol.